The molecule has 0 aliphatic carbocycles. The van der Waals surface area contributed by atoms with Gasteiger partial charge in [-0.3, -0.25) is 0 Å². The summed E-state index contributed by atoms with van der Waals surface area (Å²) in [4.78, 5) is 13.3. The smallest absolute Gasteiger partial charge is 0.159 e. The minimum atomic E-state index is -0.424. The monoisotopic (exact) mass is 341 g/mol. The SMILES string of the molecule is O[C@H]1CNC[C@@H]1n1ccnc1-c1cnc(-c2ccc(Cl)cc2)nc1. The highest BCUT2D eigenvalue weighted by molar-refractivity contribution is 6.30. The molecule has 0 saturated carbocycles. The second kappa shape index (κ2) is 6.32. The van der Waals surface area contributed by atoms with Crippen LogP contribution in [0.1, 0.15) is 6.04 Å². The lowest BCUT2D eigenvalue weighted by atomic mass is 10.2. The van der Waals surface area contributed by atoms with Crippen LogP contribution in [0.5, 0.6) is 0 Å². The molecule has 7 heteroatoms. The summed E-state index contributed by atoms with van der Waals surface area (Å²) in [6, 6.07) is 7.38. The molecule has 0 amide bonds. The van der Waals surface area contributed by atoms with E-state index in [2.05, 4.69) is 20.3 Å². The Hall–Kier alpha value is -2.28. The van der Waals surface area contributed by atoms with E-state index in [4.69, 9.17) is 11.6 Å². The van der Waals surface area contributed by atoms with Gasteiger partial charge in [-0.1, -0.05) is 11.6 Å². The van der Waals surface area contributed by atoms with Gasteiger partial charge < -0.3 is 15.0 Å². The van der Waals surface area contributed by atoms with Crippen LogP contribution in [-0.4, -0.2) is 43.8 Å². The van der Waals surface area contributed by atoms with Crippen LogP contribution in [0.15, 0.2) is 49.1 Å². The fourth-order valence-corrected chi connectivity index (χ4v) is 3.06. The van der Waals surface area contributed by atoms with Crippen molar-refractivity contribution in [1.29, 1.82) is 0 Å². The first-order valence-electron chi connectivity index (χ1n) is 7.72. The number of benzene rings is 1. The minimum Gasteiger partial charge on any atom is -0.390 e. The van der Waals surface area contributed by atoms with Crippen LogP contribution in [0.3, 0.4) is 0 Å². The minimum absolute atomic E-state index is 0.0292. The van der Waals surface area contributed by atoms with Gasteiger partial charge in [-0.2, -0.15) is 0 Å². The van der Waals surface area contributed by atoms with Crippen LogP contribution < -0.4 is 5.32 Å². The Bertz CT molecular complexity index is 831. The summed E-state index contributed by atoms with van der Waals surface area (Å²) < 4.78 is 1.98. The first-order valence-corrected chi connectivity index (χ1v) is 8.10. The van der Waals surface area contributed by atoms with E-state index in [-0.39, 0.29) is 6.04 Å². The predicted molar refractivity (Wildman–Crippen MR) is 91.6 cm³/mol. The summed E-state index contributed by atoms with van der Waals surface area (Å²) in [5.41, 5.74) is 1.72. The highest BCUT2D eigenvalue weighted by Gasteiger charge is 2.28. The molecule has 0 bridgehead atoms. The fourth-order valence-electron chi connectivity index (χ4n) is 2.93. The molecular weight excluding hydrogens is 326 g/mol. The van der Waals surface area contributed by atoms with Crippen molar-refractivity contribution in [3.63, 3.8) is 0 Å². The van der Waals surface area contributed by atoms with Gasteiger partial charge in [-0.05, 0) is 24.3 Å². The predicted octanol–water partition coefficient (Wildman–Crippen LogP) is 2.17. The van der Waals surface area contributed by atoms with E-state index >= 15 is 0 Å². The van der Waals surface area contributed by atoms with E-state index in [1.165, 1.54) is 0 Å². The number of rotatable bonds is 3. The molecule has 4 rings (SSSR count). The zero-order chi connectivity index (χ0) is 16.5. The molecule has 0 unspecified atom stereocenters. The molecule has 2 atom stereocenters. The maximum absolute atomic E-state index is 10.1. The number of β-amino-alcohol motifs (C(OH)–C–C–N with tert-alkyl or cyclic N) is 1. The number of aromatic nitrogens is 4. The zero-order valence-corrected chi connectivity index (χ0v) is 13.6. The van der Waals surface area contributed by atoms with E-state index in [9.17, 15) is 5.11 Å². The lowest BCUT2D eigenvalue weighted by Gasteiger charge is -2.17. The molecule has 3 heterocycles. The summed E-state index contributed by atoms with van der Waals surface area (Å²) in [6.45, 7) is 1.31. The van der Waals surface area contributed by atoms with Gasteiger partial charge >= 0.3 is 0 Å². The molecule has 3 aromatic rings. The number of hydrogen-bond donors (Lipinski definition) is 2. The molecule has 1 fully saturated rings. The average Bonchev–Trinajstić information content (AvgIpc) is 3.24. The van der Waals surface area contributed by atoms with Gasteiger partial charge in [0.1, 0.15) is 5.82 Å². The van der Waals surface area contributed by atoms with Crippen molar-refractivity contribution < 1.29 is 5.11 Å². The summed E-state index contributed by atoms with van der Waals surface area (Å²) in [5.74, 6) is 1.39. The van der Waals surface area contributed by atoms with E-state index in [1.54, 1.807) is 18.6 Å². The normalized spacial score (nSPS) is 20.4. The standard InChI is InChI=1S/C17H16ClN5O/c18-13-3-1-11(2-4-13)16-21-7-12(8-22-16)17-20-5-6-23(17)14-9-19-10-15(14)24/h1-8,14-15,19,24H,9-10H2/t14-,15-/m0/s1. The second-order valence-corrected chi connectivity index (χ2v) is 6.19. The van der Waals surface area contributed by atoms with Gasteiger partial charge in [0.2, 0.25) is 0 Å². The maximum atomic E-state index is 10.1. The highest BCUT2D eigenvalue weighted by Crippen LogP contribution is 2.25. The molecule has 122 valence electrons. The van der Waals surface area contributed by atoms with E-state index in [0.717, 1.165) is 17.0 Å². The number of imidazole rings is 1. The van der Waals surface area contributed by atoms with Crippen molar-refractivity contribution in [1.82, 2.24) is 24.8 Å². The third-order valence-electron chi connectivity index (χ3n) is 4.19. The molecule has 1 saturated heterocycles. The van der Waals surface area contributed by atoms with Gasteiger partial charge in [-0.15, -0.1) is 0 Å². The quantitative estimate of drug-likeness (QED) is 0.763. The van der Waals surface area contributed by atoms with Crippen molar-refractivity contribution in [2.75, 3.05) is 13.1 Å². The Morgan fingerprint density at radius 1 is 1.04 bits per heavy atom. The Kier molecular flexibility index (Phi) is 4.02. The third kappa shape index (κ3) is 2.80. The lowest BCUT2D eigenvalue weighted by Crippen LogP contribution is -2.22. The molecule has 0 spiro atoms. The topological polar surface area (TPSA) is 75.9 Å². The number of aliphatic hydroxyl groups is 1. The molecule has 24 heavy (non-hydrogen) atoms. The van der Waals surface area contributed by atoms with Gasteiger partial charge in [0, 0.05) is 48.5 Å². The number of aliphatic hydroxyl groups excluding tert-OH is 1. The van der Waals surface area contributed by atoms with Crippen LogP contribution in [-0.2, 0) is 0 Å². The molecule has 2 N–H and O–H groups in total. The highest BCUT2D eigenvalue weighted by atomic mass is 35.5. The number of hydrogen-bond acceptors (Lipinski definition) is 5. The lowest BCUT2D eigenvalue weighted by molar-refractivity contribution is 0.151. The Morgan fingerprint density at radius 3 is 2.46 bits per heavy atom. The number of nitrogens with zero attached hydrogens (tertiary/aromatic N) is 4. The van der Waals surface area contributed by atoms with E-state index in [1.807, 2.05) is 35.0 Å². The van der Waals surface area contributed by atoms with Crippen molar-refractivity contribution in [3.05, 3.63) is 54.1 Å². The summed E-state index contributed by atoms with van der Waals surface area (Å²) in [5, 5.41) is 14.0. The van der Waals surface area contributed by atoms with Crippen molar-refractivity contribution in [3.8, 4) is 22.8 Å². The average molecular weight is 342 g/mol. The fraction of sp³-hybridized carbons (Fsp3) is 0.235. The Morgan fingerprint density at radius 2 is 1.79 bits per heavy atom. The molecular formula is C17H16ClN5O. The first-order chi connectivity index (χ1) is 11.7. The van der Waals surface area contributed by atoms with Gasteiger partial charge in [-0.25, -0.2) is 15.0 Å². The molecule has 2 aromatic heterocycles. The van der Waals surface area contributed by atoms with Crippen LogP contribution in [0.2, 0.25) is 5.02 Å². The van der Waals surface area contributed by atoms with Crippen molar-refractivity contribution in [2.45, 2.75) is 12.1 Å². The molecule has 6 nitrogen and oxygen atoms in total. The van der Waals surface area contributed by atoms with Gasteiger partial charge in [0.05, 0.1) is 17.7 Å². The largest absolute Gasteiger partial charge is 0.390 e. The molecule has 0 radical (unpaired) electrons. The van der Waals surface area contributed by atoms with E-state index in [0.29, 0.717) is 23.9 Å². The van der Waals surface area contributed by atoms with E-state index < -0.39 is 6.10 Å². The molecule has 1 aliphatic rings. The van der Waals surface area contributed by atoms with Gasteiger partial charge in [0.25, 0.3) is 0 Å². The Labute approximate surface area is 144 Å². The second-order valence-electron chi connectivity index (χ2n) is 5.75. The number of halogens is 1. The van der Waals surface area contributed by atoms with Crippen LogP contribution in [0.4, 0.5) is 0 Å². The van der Waals surface area contributed by atoms with Crippen molar-refractivity contribution >= 4 is 11.6 Å². The van der Waals surface area contributed by atoms with Crippen LogP contribution >= 0.6 is 11.6 Å². The van der Waals surface area contributed by atoms with Crippen LogP contribution in [0, 0.1) is 0 Å². The maximum Gasteiger partial charge on any atom is 0.159 e. The zero-order valence-electron chi connectivity index (χ0n) is 12.8. The van der Waals surface area contributed by atoms with Gasteiger partial charge in [0.15, 0.2) is 5.82 Å². The summed E-state index contributed by atoms with van der Waals surface area (Å²) in [7, 11) is 0. The Balaban J connectivity index is 1.64. The molecule has 1 aliphatic heterocycles. The summed E-state index contributed by atoms with van der Waals surface area (Å²) in [6.07, 6.45) is 6.69. The van der Waals surface area contributed by atoms with Crippen molar-refractivity contribution in [2.24, 2.45) is 0 Å². The summed E-state index contributed by atoms with van der Waals surface area (Å²) >= 11 is 5.91. The van der Waals surface area contributed by atoms with Crippen LogP contribution in [0.25, 0.3) is 22.8 Å². The first kappa shape index (κ1) is 15.3. The third-order valence-corrected chi connectivity index (χ3v) is 4.44. The molecule has 1 aromatic carbocycles. The number of nitrogens with one attached hydrogen (secondary N) is 1.